The molecule has 106 valence electrons. The minimum absolute atomic E-state index is 0.262. The maximum atomic E-state index is 3.84. The molecule has 2 atom stereocenters. The van der Waals surface area contributed by atoms with Crippen LogP contribution in [0.5, 0.6) is 0 Å². The molecule has 0 aromatic rings. The van der Waals surface area contributed by atoms with Crippen LogP contribution in [0.4, 0.5) is 0 Å². The zero-order valence-electron chi connectivity index (χ0n) is 12.8. The Hall–Kier alpha value is -0.300. The van der Waals surface area contributed by atoms with Crippen molar-refractivity contribution in [1.29, 1.82) is 0 Å². The largest absolute Gasteiger partial charge is 0.312 e. The second kappa shape index (κ2) is 7.99. The average Bonchev–Trinajstić information content (AvgIpc) is 2.51. The fourth-order valence-corrected chi connectivity index (χ4v) is 3.07. The minimum Gasteiger partial charge on any atom is -0.312 e. The van der Waals surface area contributed by atoms with Gasteiger partial charge in [0.2, 0.25) is 0 Å². The normalized spacial score (nSPS) is 25.7. The van der Waals surface area contributed by atoms with Gasteiger partial charge in [0.05, 0.1) is 0 Å². The van der Waals surface area contributed by atoms with E-state index in [0.29, 0.717) is 0 Å². The monoisotopic (exact) mass is 251 g/mol. The van der Waals surface area contributed by atoms with E-state index in [0.717, 1.165) is 11.8 Å². The summed E-state index contributed by atoms with van der Waals surface area (Å²) < 4.78 is 0. The van der Waals surface area contributed by atoms with Crippen LogP contribution in [0.15, 0.2) is 12.7 Å². The molecule has 1 aliphatic carbocycles. The Morgan fingerprint density at radius 1 is 1.11 bits per heavy atom. The summed E-state index contributed by atoms with van der Waals surface area (Å²) >= 11 is 0. The van der Waals surface area contributed by atoms with Crippen molar-refractivity contribution in [3.05, 3.63) is 12.7 Å². The summed E-state index contributed by atoms with van der Waals surface area (Å²) in [5.41, 5.74) is 0.262. The molecule has 0 aliphatic heterocycles. The van der Waals surface area contributed by atoms with Crippen molar-refractivity contribution >= 4 is 0 Å². The van der Waals surface area contributed by atoms with Crippen LogP contribution >= 0.6 is 0 Å². The third-order valence-electron chi connectivity index (χ3n) is 4.19. The maximum absolute atomic E-state index is 3.84. The lowest BCUT2D eigenvalue weighted by Gasteiger charge is -2.29. The standard InChI is InChI=1S/C17H33N/c1-5-6-8-11-15-12-9-7-10-13-16(15)14-18-17(2,3)4/h5,15-16,18H,1,6-14H2,2-4H3. The van der Waals surface area contributed by atoms with Crippen LogP contribution in [0.2, 0.25) is 0 Å². The van der Waals surface area contributed by atoms with Crippen LogP contribution in [0, 0.1) is 11.8 Å². The second-order valence-electron chi connectivity index (χ2n) is 7.01. The van der Waals surface area contributed by atoms with E-state index in [1.807, 2.05) is 0 Å². The zero-order valence-corrected chi connectivity index (χ0v) is 12.8. The Balaban J connectivity index is 2.43. The molecule has 1 N–H and O–H groups in total. The van der Waals surface area contributed by atoms with Crippen molar-refractivity contribution in [2.75, 3.05) is 6.54 Å². The summed E-state index contributed by atoms with van der Waals surface area (Å²) in [7, 11) is 0. The quantitative estimate of drug-likeness (QED) is 0.401. The first-order valence-electron chi connectivity index (χ1n) is 7.89. The van der Waals surface area contributed by atoms with Gasteiger partial charge in [0, 0.05) is 5.54 Å². The first kappa shape index (κ1) is 15.8. The summed E-state index contributed by atoms with van der Waals surface area (Å²) in [6.45, 7) is 11.9. The highest BCUT2D eigenvalue weighted by Crippen LogP contribution is 2.32. The second-order valence-corrected chi connectivity index (χ2v) is 7.01. The van der Waals surface area contributed by atoms with Crippen LogP contribution < -0.4 is 5.32 Å². The van der Waals surface area contributed by atoms with Crippen LogP contribution in [0.3, 0.4) is 0 Å². The van der Waals surface area contributed by atoms with Crippen molar-refractivity contribution in [1.82, 2.24) is 5.32 Å². The fraction of sp³-hybridized carbons (Fsp3) is 0.882. The van der Waals surface area contributed by atoms with Crippen molar-refractivity contribution in [3.63, 3.8) is 0 Å². The van der Waals surface area contributed by atoms with E-state index in [1.54, 1.807) is 0 Å². The molecule has 2 unspecified atom stereocenters. The Morgan fingerprint density at radius 3 is 2.39 bits per heavy atom. The van der Waals surface area contributed by atoms with Gasteiger partial charge in [0.1, 0.15) is 0 Å². The van der Waals surface area contributed by atoms with Crippen LogP contribution in [0.1, 0.15) is 72.1 Å². The summed E-state index contributed by atoms with van der Waals surface area (Å²) in [6, 6.07) is 0. The highest BCUT2D eigenvalue weighted by Gasteiger charge is 2.24. The number of nitrogens with one attached hydrogen (secondary N) is 1. The highest BCUT2D eigenvalue weighted by molar-refractivity contribution is 4.80. The first-order chi connectivity index (χ1) is 8.53. The van der Waals surface area contributed by atoms with Crippen LogP contribution in [-0.2, 0) is 0 Å². The third-order valence-corrected chi connectivity index (χ3v) is 4.19. The van der Waals surface area contributed by atoms with Gasteiger partial charge in [0.15, 0.2) is 0 Å². The summed E-state index contributed by atoms with van der Waals surface area (Å²) in [5, 5.41) is 3.72. The predicted molar refractivity (Wildman–Crippen MR) is 81.9 cm³/mol. The SMILES string of the molecule is C=CCCCC1CCCCCC1CNC(C)(C)C. The van der Waals surface area contributed by atoms with E-state index < -0.39 is 0 Å². The molecule has 0 amide bonds. The van der Waals surface area contributed by atoms with Gasteiger partial charge in [-0.2, -0.15) is 0 Å². The van der Waals surface area contributed by atoms with Gasteiger partial charge in [-0.15, -0.1) is 6.58 Å². The highest BCUT2D eigenvalue weighted by atomic mass is 14.9. The minimum atomic E-state index is 0.262. The third kappa shape index (κ3) is 6.58. The molecule has 1 aliphatic rings. The van der Waals surface area contributed by atoms with Crippen molar-refractivity contribution in [2.45, 2.75) is 77.7 Å². The molecule has 18 heavy (non-hydrogen) atoms. The molecule has 0 radical (unpaired) electrons. The first-order valence-corrected chi connectivity index (χ1v) is 7.89. The molecule has 1 saturated carbocycles. The molecule has 0 bridgehead atoms. The lowest BCUT2D eigenvalue weighted by atomic mass is 9.83. The summed E-state index contributed by atoms with van der Waals surface area (Å²) in [5.74, 6) is 1.85. The van der Waals surface area contributed by atoms with E-state index in [1.165, 1.54) is 57.9 Å². The molecule has 0 saturated heterocycles. The molecular formula is C17H33N. The van der Waals surface area contributed by atoms with E-state index in [9.17, 15) is 0 Å². The molecule has 1 rings (SSSR count). The van der Waals surface area contributed by atoms with Gasteiger partial charge < -0.3 is 5.32 Å². The zero-order chi connectivity index (χ0) is 13.4. The molecule has 1 nitrogen and oxygen atoms in total. The topological polar surface area (TPSA) is 12.0 Å². The predicted octanol–water partition coefficient (Wildman–Crippen LogP) is 4.93. The van der Waals surface area contributed by atoms with Gasteiger partial charge in [-0.1, -0.05) is 31.8 Å². The van der Waals surface area contributed by atoms with E-state index in [4.69, 9.17) is 0 Å². The van der Waals surface area contributed by atoms with E-state index in [2.05, 4.69) is 38.7 Å². The van der Waals surface area contributed by atoms with Crippen molar-refractivity contribution < 1.29 is 0 Å². The van der Waals surface area contributed by atoms with Gasteiger partial charge in [0.25, 0.3) is 0 Å². The molecule has 1 heteroatoms. The number of hydrogen-bond acceptors (Lipinski definition) is 1. The van der Waals surface area contributed by atoms with Gasteiger partial charge in [-0.25, -0.2) is 0 Å². The molecule has 1 fully saturated rings. The lowest BCUT2D eigenvalue weighted by molar-refractivity contribution is 0.256. The van der Waals surface area contributed by atoms with E-state index >= 15 is 0 Å². The molecule has 0 spiro atoms. The summed E-state index contributed by atoms with van der Waals surface area (Å²) in [6.07, 6.45) is 13.2. The molecular weight excluding hydrogens is 218 g/mol. The number of rotatable bonds is 6. The van der Waals surface area contributed by atoms with E-state index in [-0.39, 0.29) is 5.54 Å². The van der Waals surface area contributed by atoms with Crippen LogP contribution in [0.25, 0.3) is 0 Å². The lowest BCUT2D eigenvalue weighted by Crippen LogP contribution is -2.40. The molecule has 0 aromatic carbocycles. The van der Waals surface area contributed by atoms with Gasteiger partial charge in [-0.3, -0.25) is 0 Å². The molecule has 0 heterocycles. The Morgan fingerprint density at radius 2 is 1.78 bits per heavy atom. The fourth-order valence-electron chi connectivity index (χ4n) is 3.07. The Bertz CT molecular complexity index is 226. The number of unbranched alkanes of at least 4 members (excludes halogenated alkanes) is 1. The number of allylic oxidation sites excluding steroid dienone is 1. The average molecular weight is 251 g/mol. The van der Waals surface area contributed by atoms with Gasteiger partial charge in [-0.05, 0) is 64.8 Å². The van der Waals surface area contributed by atoms with Crippen molar-refractivity contribution in [2.24, 2.45) is 11.8 Å². The van der Waals surface area contributed by atoms with Crippen LogP contribution in [-0.4, -0.2) is 12.1 Å². The Labute approximate surface area is 114 Å². The summed E-state index contributed by atoms with van der Waals surface area (Å²) in [4.78, 5) is 0. The number of hydrogen-bond donors (Lipinski definition) is 1. The maximum Gasteiger partial charge on any atom is 0.00966 e. The van der Waals surface area contributed by atoms with Gasteiger partial charge >= 0.3 is 0 Å². The molecule has 0 aromatic heterocycles. The van der Waals surface area contributed by atoms with Crippen molar-refractivity contribution in [3.8, 4) is 0 Å². The smallest absolute Gasteiger partial charge is 0.00966 e. The Kier molecular flexibility index (Phi) is 6.99.